The van der Waals surface area contributed by atoms with Crippen LogP contribution in [-0.2, 0) is 0 Å². The summed E-state index contributed by atoms with van der Waals surface area (Å²) in [7, 11) is 1.52. The number of benzene rings is 2. The first kappa shape index (κ1) is 12.0. The highest BCUT2D eigenvalue weighted by molar-refractivity contribution is 9.10. The molecule has 3 rings (SSSR count). The lowest BCUT2D eigenvalue weighted by molar-refractivity contribution is 0.374. The van der Waals surface area contributed by atoms with Crippen molar-refractivity contribution in [3.8, 4) is 22.9 Å². The number of aromatic hydroxyl groups is 1. The Labute approximate surface area is 118 Å². The maximum Gasteiger partial charge on any atom is 0.169 e. The van der Waals surface area contributed by atoms with E-state index in [0.717, 1.165) is 15.5 Å². The third kappa shape index (κ3) is 1.96. The van der Waals surface area contributed by atoms with Gasteiger partial charge in [0.15, 0.2) is 11.5 Å². The molecule has 5 heteroatoms. The molecule has 0 unspecified atom stereocenters. The summed E-state index contributed by atoms with van der Waals surface area (Å²) in [4.78, 5) is 7.67. The SMILES string of the molecule is COc1ccc(Br)c(-c2nc3ccccc3[nH]2)c1O. The van der Waals surface area contributed by atoms with Gasteiger partial charge >= 0.3 is 0 Å². The Bertz CT molecular complexity index is 719. The minimum Gasteiger partial charge on any atom is -0.504 e. The number of imidazole rings is 1. The fraction of sp³-hybridized carbons (Fsp3) is 0.0714. The number of nitrogens with one attached hydrogen (secondary N) is 1. The summed E-state index contributed by atoms with van der Waals surface area (Å²) in [5.74, 6) is 1.08. The summed E-state index contributed by atoms with van der Waals surface area (Å²) < 4.78 is 5.88. The van der Waals surface area contributed by atoms with Crippen LogP contribution in [0.25, 0.3) is 22.4 Å². The average Bonchev–Trinajstić information content (AvgIpc) is 2.82. The van der Waals surface area contributed by atoms with Gasteiger partial charge in [-0.05, 0) is 40.2 Å². The number of halogens is 1. The third-order valence-electron chi connectivity index (χ3n) is 2.94. The van der Waals surface area contributed by atoms with Crippen molar-refractivity contribution in [3.05, 3.63) is 40.9 Å². The van der Waals surface area contributed by atoms with Crippen molar-refractivity contribution in [3.63, 3.8) is 0 Å². The van der Waals surface area contributed by atoms with Gasteiger partial charge in [0.05, 0.1) is 23.7 Å². The van der Waals surface area contributed by atoms with Gasteiger partial charge in [-0.15, -0.1) is 0 Å². The zero-order chi connectivity index (χ0) is 13.4. The number of phenolic OH excluding ortho intramolecular Hbond substituents is 1. The zero-order valence-electron chi connectivity index (χ0n) is 10.1. The number of phenols is 1. The molecule has 0 spiro atoms. The molecule has 0 aliphatic rings. The summed E-state index contributed by atoms with van der Waals surface area (Å²) in [6.45, 7) is 0. The third-order valence-corrected chi connectivity index (χ3v) is 3.60. The minimum absolute atomic E-state index is 0.0657. The summed E-state index contributed by atoms with van der Waals surface area (Å²) in [5, 5.41) is 10.2. The quantitative estimate of drug-likeness (QED) is 0.757. The number of nitrogens with zero attached hydrogens (tertiary/aromatic N) is 1. The van der Waals surface area contributed by atoms with E-state index in [4.69, 9.17) is 4.74 Å². The molecule has 0 saturated carbocycles. The first-order valence-corrected chi connectivity index (χ1v) is 6.50. The smallest absolute Gasteiger partial charge is 0.169 e. The number of aromatic amines is 1. The van der Waals surface area contributed by atoms with Crippen molar-refractivity contribution in [2.45, 2.75) is 0 Å². The number of ether oxygens (including phenoxy) is 1. The number of rotatable bonds is 2. The van der Waals surface area contributed by atoms with Crippen LogP contribution < -0.4 is 4.74 Å². The second-order valence-electron chi connectivity index (χ2n) is 4.08. The van der Waals surface area contributed by atoms with E-state index in [9.17, 15) is 5.11 Å². The number of methoxy groups -OCH3 is 1. The Kier molecular flexibility index (Phi) is 2.91. The Morgan fingerprint density at radius 2 is 2.00 bits per heavy atom. The normalized spacial score (nSPS) is 10.8. The lowest BCUT2D eigenvalue weighted by Gasteiger charge is -2.08. The van der Waals surface area contributed by atoms with Gasteiger partial charge in [0, 0.05) is 4.47 Å². The number of H-pyrrole nitrogens is 1. The number of hydrogen-bond acceptors (Lipinski definition) is 3. The summed E-state index contributed by atoms with van der Waals surface area (Å²) in [6, 6.07) is 11.2. The lowest BCUT2D eigenvalue weighted by Crippen LogP contribution is -1.89. The zero-order valence-corrected chi connectivity index (χ0v) is 11.7. The molecule has 0 aliphatic heterocycles. The molecule has 1 heterocycles. The average molecular weight is 319 g/mol. The molecule has 0 amide bonds. The number of fused-ring (bicyclic) bond motifs is 1. The van der Waals surface area contributed by atoms with Crippen molar-refractivity contribution in [2.24, 2.45) is 0 Å². The highest BCUT2D eigenvalue weighted by Crippen LogP contribution is 2.41. The molecule has 2 N–H and O–H groups in total. The van der Waals surface area contributed by atoms with Gasteiger partial charge < -0.3 is 14.8 Å². The van der Waals surface area contributed by atoms with Crippen LogP contribution in [-0.4, -0.2) is 22.2 Å². The molecular weight excluding hydrogens is 308 g/mol. The Morgan fingerprint density at radius 1 is 1.21 bits per heavy atom. The van der Waals surface area contributed by atoms with E-state index in [1.54, 1.807) is 6.07 Å². The monoisotopic (exact) mass is 318 g/mol. The number of hydrogen-bond donors (Lipinski definition) is 2. The molecule has 1 aromatic heterocycles. The van der Waals surface area contributed by atoms with Crippen LogP contribution in [0.4, 0.5) is 0 Å². The second kappa shape index (κ2) is 4.59. The standard InChI is InChI=1S/C14H11BrN2O2/c1-19-11-7-6-8(15)12(13(11)18)14-16-9-4-2-3-5-10(9)17-14/h2-7,18H,1H3,(H,16,17). The molecule has 0 fully saturated rings. The van der Waals surface area contributed by atoms with E-state index in [0.29, 0.717) is 17.1 Å². The van der Waals surface area contributed by atoms with Crippen LogP contribution in [0.15, 0.2) is 40.9 Å². The Morgan fingerprint density at radius 3 is 2.74 bits per heavy atom. The predicted octanol–water partition coefficient (Wildman–Crippen LogP) is 3.71. The van der Waals surface area contributed by atoms with Crippen LogP contribution in [0.1, 0.15) is 0 Å². The van der Waals surface area contributed by atoms with Gasteiger partial charge in [-0.3, -0.25) is 0 Å². The van der Waals surface area contributed by atoms with E-state index in [1.807, 2.05) is 30.3 Å². The molecule has 4 nitrogen and oxygen atoms in total. The number of para-hydroxylation sites is 2. The van der Waals surface area contributed by atoms with Crippen molar-refractivity contribution in [2.75, 3.05) is 7.11 Å². The van der Waals surface area contributed by atoms with E-state index in [1.165, 1.54) is 7.11 Å². The van der Waals surface area contributed by atoms with E-state index in [2.05, 4.69) is 25.9 Å². The highest BCUT2D eigenvalue weighted by Gasteiger charge is 2.16. The van der Waals surface area contributed by atoms with Crippen molar-refractivity contribution < 1.29 is 9.84 Å². The molecule has 0 saturated heterocycles. The summed E-state index contributed by atoms with van der Waals surface area (Å²) in [6.07, 6.45) is 0. The topological polar surface area (TPSA) is 58.1 Å². The maximum atomic E-state index is 10.2. The molecular formula is C14H11BrN2O2. The molecule has 0 atom stereocenters. The van der Waals surface area contributed by atoms with Crippen LogP contribution in [0, 0.1) is 0 Å². The molecule has 19 heavy (non-hydrogen) atoms. The van der Waals surface area contributed by atoms with E-state index in [-0.39, 0.29) is 5.75 Å². The fourth-order valence-electron chi connectivity index (χ4n) is 2.01. The molecule has 0 aliphatic carbocycles. The molecule has 3 aromatic rings. The maximum absolute atomic E-state index is 10.2. The molecule has 2 aromatic carbocycles. The van der Waals surface area contributed by atoms with Crippen molar-refractivity contribution in [1.29, 1.82) is 0 Å². The number of aromatic nitrogens is 2. The van der Waals surface area contributed by atoms with Gasteiger partial charge in [0.2, 0.25) is 0 Å². The molecule has 0 bridgehead atoms. The van der Waals surface area contributed by atoms with Gasteiger partial charge in [-0.25, -0.2) is 4.98 Å². The fourth-order valence-corrected chi connectivity index (χ4v) is 2.52. The van der Waals surface area contributed by atoms with Gasteiger partial charge in [-0.1, -0.05) is 12.1 Å². The van der Waals surface area contributed by atoms with Crippen molar-refractivity contribution in [1.82, 2.24) is 9.97 Å². The predicted molar refractivity (Wildman–Crippen MR) is 77.4 cm³/mol. The highest BCUT2D eigenvalue weighted by atomic mass is 79.9. The van der Waals surface area contributed by atoms with Crippen LogP contribution in [0.3, 0.4) is 0 Å². The lowest BCUT2D eigenvalue weighted by atomic mass is 10.2. The molecule has 96 valence electrons. The van der Waals surface area contributed by atoms with Crippen LogP contribution in [0.2, 0.25) is 0 Å². The van der Waals surface area contributed by atoms with Crippen LogP contribution in [0.5, 0.6) is 11.5 Å². The molecule has 0 radical (unpaired) electrons. The van der Waals surface area contributed by atoms with Crippen LogP contribution >= 0.6 is 15.9 Å². The van der Waals surface area contributed by atoms with Gasteiger partial charge in [0.1, 0.15) is 5.82 Å². The van der Waals surface area contributed by atoms with Gasteiger partial charge in [-0.2, -0.15) is 0 Å². The Hall–Kier alpha value is -2.01. The van der Waals surface area contributed by atoms with E-state index < -0.39 is 0 Å². The second-order valence-corrected chi connectivity index (χ2v) is 4.93. The largest absolute Gasteiger partial charge is 0.504 e. The van der Waals surface area contributed by atoms with Gasteiger partial charge in [0.25, 0.3) is 0 Å². The van der Waals surface area contributed by atoms with Crippen molar-refractivity contribution >= 4 is 27.0 Å². The summed E-state index contributed by atoms with van der Waals surface area (Å²) in [5.41, 5.74) is 2.37. The first-order valence-electron chi connectivity index (χ1n) is 5.71. The summed E-state index contributed by atoms with van der Waals surface area (Å²) >= 11 is 3.43. The Balaban J connectivity index is 2.26. The first-order chi connectivity index (χ1) is 9.20. The van der Waals surface area contributed by atoms with E-state index >= 15 is 0 Å². The minimum atomic E-state index is 0.0657.